The first-order valence-corrected chi connectivity index (χ1v) is 3.49. The van der Waals surface area contributed by atoms with Crippen LogP contribution in [-0.4, -0.2) is 23.8 Å². The van der Waals surface area contributed by atoms with Crippen LogP contribution >= 0.6 is 0 Å². The van der Waals surface area contributed by atoms with E-state index in [2.05, 4.69) is 19.9 Å². The highest BCUT2D eigenvalue weighted by Gasteiger charge is 2.15. The predicted octanol–water partition coefficient (Wildman–Crippen LogP) is 0.769. The van der Waals surface area contributed by atoms with Gasteiger partial charge in [-0.25, -0.2) is 0 Å². The van der Waals surface area contributed by atoms with Gasteiger partial charge in [-0.05, 0) is 7.05 Å². The van der Waals surface area contributed by atoms with Gasteiger partial charge in [0.1, 0.15) is 0 Å². The summed E-state index contributed by atoms with van der Waals surface area (Å²) in [5.41, 5.74) is 0. The molecule has 1 N–H and O–H groups in total. The van der Waals surface area contributed by atoms with E-state index in [0.29, 0.717) is 13.0 Å². The highest BCUT2D eigenvalue weighted by atomic mass is 19.3. The van der Waals surface area contributed by atoms with Crippen LogP contribution in [0, 0.1) is 0 Å². The van der Waals surface area contributed by atoms with E-state index in [-0.39, 0.29) is 5.89 Å². The molecule has 0 spiro atoms. The molecule has 0 radical (unpaired) electrons. The Balaban J connectivity index is 2.52. The molecule has 0 amide bonds. The number of rotatable bonds is 4. The molecule has 0 aliphatic heterocycles. The number of hydrogen-bond acceptors (Lipinski definition) is 4. The zero-order valence-electron chi connectivity index (χ0n) is 6.55. The summed E-state index contributed by atoms with van der Waals surface area (Å²) in [6.07, 6.45) is -2.21. The molecule has 0 aliphatic rings. The van der Waals surface area contributed by atoms with E-state index < -0.39 is 12.3 Å². The maximum atomic E-state index is 11.9. The number of hydrogen-bond donors (Lipinski definition) is 1. The Morgan fingerprint density at radius 1 is 1.50 bits per heavy atom. The SMILES string of the molecule is CNCCc1nnc(C(F)F)o1. The number of nitrogens with zero attached hydrogens (tertiary/aromatic N) is 2. The standard InChI is InChI=1S/C6H9F2N3O/c1-9-3-2-4-10-11-6(12-4)5(7)8/h5,9H,2-3H2,1H3. The Morgan fingerprint density at radius 2 is 2.25 bits per heavy atom. The molecule has 1 heterocycles. The van der Waals surface area contributed by atoms with Gasteiger partial charge in [0.15, 0.2) is 0 Å². The third kappa shape index (κ3) is 2.23. The molecular formula is C6H9F2N3O. The summed E-state index contributed by atoms with van der Waals surface area (Å²) >= 11 is 0. The van der Waals surface area contributed by atoms with Crippen molar-refractivity contribution < 1.29 is 13.2 Å². The molecule has 0 atom stereocenters. The van der Waals surface area contributed by atoms with Gasteiger partial charge in [0.05, 0.1) is 0 Å². The maximum Gasteiger partial charge on any atom is 0.314 e. The Bertz CT molecular complexity index is 238. The highest BCUT2D eigenvalue weighted by Crippen LogP contribution is 2.16. The van der Waals surface area contributed by atoms with Crippen LogP contribution in [0.2, 0.25) is 0 Å². The predicted molar refractivity (Wildman–Crippen MR) is 36.9 cm³/mol. The van der Waals surface area contributed by atoms with Gasteiger partial charge in [-0.1, -0.05) is 0 Å². The molecule has 0 fully saturated rings. The summed E-state index contributed by atoms with van der Waals surface area (Å²) in [6.45, 7) is 0.630. The summed E-state index contributed by atoms with van der Waals surface area (Å²) in [7, 11) is 1.75. The fourth-order valence-electron chi connectivity index (χ4n) is 0.688. The van der Waals surface area contributed by atoms with Gasteiger partial charge >= 0.3 is 6.43 Å². The van der Waals surface area contributed by atoms with Crippen molar-refractivity contribution >= 4 is 0 Å². The summed E-state index contributed by atoms with van der Waals surface area (Å²) in [6, 6.07) is 0. The first kappa shape index (κ1) is 9.05. The first-order chi connectivity index (χ1) is 5.74. The minimum Gasteiger partial charge on any atom is -0.420 e. The topological polar surface area (TPSA) is 51.0 Å². The molecular weight excluding hydrogens is 168 g/mol. The minimum absolute atomic E-state index is 0.236. The van der Waals surface area contributed by atoms with Crippen LogP contribution in [-0.2, 0) is 6.42 Å². The van der Waals surface area contributed by atoms with Crippen LogP contribution in [0.1, 0.15) is 18.2 Å². The van der Waals surface area contributed by atoms with Crippen LogP contribution in [0.25, 0.3) is 0 Å². The molecule has 6 heteroatoms. The lowest BCUT2D eigenvalue weighted by Gasteiger charge is -1.91. The van der Waals surface area contributed by atoms with Crippen molar-refractivity contribution in [2.75, 3.05) is 13.6 Å². The Kier molecular flexibility index (Phi) is 3.09. The lowest BCUT2D eigenvalue weighted by molar-refractivity contribution is 0.113. The molecule has 1 rings (SSSR count). The Morgan fingerprint density at radius 3 is 2.75 bits per heavy atom. The molecule has 0 aromatic carbocycles. The molecule has 12 heavy (non-hydrogen) atoms. The van der Waals surface area contributed by atoms with Gasteiger partial charge in [0.25, 0.3) is 5.89 Å². The van der Waals surface area contributed by atoms with Crippen LogP contribution in [0.3, 0.4) is 0 Å². The van der Waals surface area contributed by atoms with Crippen molar-refractivity contribution in [3.05, 3.63) is 11.8 Å². The maximum absolute atomic E-state index is 11.9. The average Bonchev–Trinajstić information content (AvgIpc) is 2.48. The van der Waals surface area contributed by atoms with E-state index in [1.54, 1.807) is 7.05 Å². The van der Waals surface area contributed by atoms with E-state index >= 15 is 0 Å². The lowest BCUT2D eigenvalue weighted by Crippen LogP contribution is -2.10. The molecule has 0 bridgehead atoms. The summed E-state index contributed by atoms with van der Waals surface area (Å²) in [5, 5.41) is 9.45. The molecule has 1 aromatic heterocycles. The Hall–Kier alpha value is -1.04. The fraction of sp³-hybridized carbons (Fsp3) is 0.667. The van der Waals surface area contributed by atoms with Crippen LogP contribution in [0.5, 0.6) is 0 Å². The molecule has 4 nitrogen and oxygen atoms in total. The second kappa shape index (κ2) is 4.10. The van der Waals surface area contributed by atoms with E-state index in [9.17, 15) is 8.78 Å². The fourth-order valence-corrected chi connectivity index (χ4v) is 0.688. The second-order valence-electron chi connectivity index (χ2n) is 2.19. The second-order valence-corrected chi connectivity index (χ2v) is 2.19. The van der Waals surface area contributed by atoms with E-state index in [1.165, 1.54) is 0 Å². The van der Waals surface area contributed by atoms with Crippen molar-refractivity contribution in [2.45, 2.75) is 12.8 Å². The number of aromatic nitrogens is 2. The number of halogens is 2. The Labute approximate surface area is 68.0 Å². The number of likely N-dealkylation sites (N-methyl/N-ethyl adjacent to an activating group) is 1. The van der Waals surface area contributed by atoms with Crippen molar-refractivity contribution in [3.63, 3.8) is 0 Å². The molecule has 1 aromatic rings. The van der Waals surface area contributed by atoms with Crippen molar-refractivity contribution in [1.29, 1.82) is 0 Å². The largest absolute Gasteiger partial charge is 0.420 e. The van der Waals surface area contributed by atoms with Crippen molar-refractivity contribution in [1.82, 2.24) is 15.5 Å². The summed E-state index contributed by atoms with van der Waals surface area (Å²) < 4.78 is 28.4. The van der Waals surface area contributed by atoms with Gasteiger partial charge in [-0.15, -0.1) is 10.2 Å². The van der Waals surface area contributed by atoms with Crippen LogP contribution in [0.15, 0.2) is 4.42 Å². The van der Waals surface area contributed by atoms with E-state index in [1.807, 2.05) is 0 Å². The van der Waals surface area contributed by atoms with Gasteiger partial charge in [0, 0.05) is 13.0 Å². The third-order valence-electron chi connectivity index (χ3n) is 1.26. The van der Waals surface area contributed by atoms with Crippen molar-refractivity contribution in [3.8, 4) is 0 Å². The molecule has 0 aliphatic carbocycles. The van der Waals surface area contributed by atoms with E-state index in [0.717, 1.165) is 0 Å². The van der Waals surface area contributed by atoms with Crippen LogP contribution in [0.4, 0.5) is 8.78 Å². The van der Waals surface area contributed by atoms with Gasteiger partial charge in [-0.3, -0.25) is 0 Å². The molecule has 0 unspecified atom stereocenters. The number of nitrogens with one attached hydrogen (secondary N) is 1. The normalized spacial score (nSPS) is 11.0. The summed E-state index contributed by atoms with van der Waals surface area (Å²) in [4.78, 5) is 0. The zero-order chi connectivity index (χ0) is 8.97. The lowest BCUT2D eigenvalue weighted by atomic mass is 10.4. The highest BCUT2D eigenvalue weighted by molar-refractivity contribution is 4.83. The number of alkyl halides is 2. The van der Waals surface area contributed by atoms with E-state index in [4.69, 9.17) is 0 Å². The average molecular weight is 177 g/mol. The minimum atomic E-state index is -2.68. The summed E-state index contributed by atoms with van der Waals surface area (Å²) in [5.74, 6) is -0.374. The smallest absolute Gasteiger partial charge is 0.314 e. The monoisotopic (exact) mass is 177 g/mol. The van der Waals surface area contributed by atoms with Gasteiger partial charge in [-0.2, -0.15) is 8.78 Å². The quantitative estimate of drug-likeness (QED) is 0.738. The van der Waals surface area contributed by atoms with Crippen molar-refractivity contribution in [2.24, 2.45) is 0 Å². The first-order valence-electron chi connectivity index (χ1n) is 3.49. The molecule has 0 saturated carbocycles. The molecule has 68 valence electrons. The van der Waals surface area contributed by atoms with Crippen LogP contribution < -0.4 is 5.32 Å². The van der Waals surface area contributed by atoms with Gasteiger partial charge < -0.3 is 9.73 Å². The zero-order valence-corrected chi connectivity index (χ0v) is 6.55. The molecule has 0 saturated heterocycles. The van der Waals surface area contributed by atoms with Gasteiger partial charge in [0.2, 0.25) is 5.89 Å². The third-order valence-corrected chi connectivity index (χ3v) is 1.26.